The van der Waals surface area contributed by atoms with E-state index in [1.807, 2.05) is 13.8 Å². The van der Waals surface area contributed by atoms with Crippen molar-refractivity contribution in [3.63, 3.8) is 0 Å². The Hall–Kier alpha value is -1.67. The molecule has 112 valence electrons. The van der Waals surface area contributed by atoms with Crippen molar-refractivity contribution in [1.29, 1.82) is 0 Å². The molecule has 20 heavy (non-hydrogen) atoms. The van der Waals surface area contributed by atoms with E-state index in [0.717, 1.165) is 0 Å². The van der Waals surface area contributed by atoms with Gasteiger partial charge in [0.15, 0.2) is 0 Å². The van der Waals surface area contributed by atoms with Crippen LogP contribution >= 0.6 is 0 Å². The molecule has 0 saturated carbocycles. The molecule has 0 unspecified atom stereocenters. The average Bonchev–Trinajstić information content (AvgIpc) is 2.36. The van der Waals surface area contributed by atoms with Gasteiger partial charge in [0.1, 0.15) is 10.7 Å². The van der Waals surface area contributed by atoms with Crippen molar-refractivity contribution in [3.05, 3.63) is 18.3 Å². The fourth-order valence-corrected chi connectivity index (χ4v) is 2.32. The lowest BCUT2D eigenvalue weighted by molar-refractivity contribution is -0.121. The number of aromatic nitrogens is 1. The Morgan fingerprint density at radius 1 is 1.40 bits per heavy atom. The van der Waals surface area contributed by atoms with E-state index in [2.05, 4.69) is 15.0 Å². The Morgan fingerprint density at radius 2 is 2.10 bits per heavy atom. The molecule has 0 aliphatic rings. The van der Waals surface area contributed by atoms with Crippen LogP contribution in [-0.2, 0) is 14.8 Å². The third-order valence-electron chi connectivity index (χ3n) is 2.42. The monoisotopic (exact) mass is 300 g/mol. The summed E-state index contributed by atoms with van der Waals surface area (Å²) in [5.41, 5.74) is 5.39. The smallest absolute Gasteiger partial charge is 0.242 e. The molecule has 0 bridgehead atoms. The van der Waals surface area contributed by atoms with Gasteiger partial charge in [-0.05, 0) is 18.1 Å². The predicted octanol–water partition coefficient (Wildman–Crippen LogP) is 0.104. The number of pyridine rings is 1. The van der Waals surface area contributed by atoms with Crippen LogP contribution in [0.15, 0.2) is 23.2 Å². The molecule has 8 heteroatoms. The van der Waals surface area contributed by atoms with E-state index >= 15 is 0 Å². The third kappa shape index (κ3) is 5.54. The van der Waals surface area contributed by atoms with Crippen molar-refractivity contribution in [2.45, 2.75) is 25.2 Å². The lowest BCUT2D eigenvalue weighted by Crippen LogP contribution is -2.32. The summed E-state index contributed by atoms with van der Waals surface area (Å²) >= 11 is 0. The number of nitrogens with zero attached hydrogens (tertiary/aromatic N) is 1. The predicted molar refractivity (Wildman–Crippen MR) is 76.3 cm³/mol. The number of nitrogen functional groups attached to an aromatic ring is 1. The minimum Gasteiger partial charge on any atom is -0.384 e. The van der Waals surface area contributed by atoms with Crippen LogP contribution < -0.4 is 15.8 Å². The number of carbonyl (C=O) groups is 1. The van der Waals surface area contributed by atoms with Crippen LogP contribution in [0.2, 0.25) is 0 Å². The Bertz CT molecular complexity index is 540. The fourth-order valence-electron chi connectivity index (χ4n) is 1.34. The molecule has 0 spiro atoms. The highest BCUT2D eigenvalue weighted by molar-refractivity contribution is 7.89. The molecule has 0 aromatic carbocycles. The number of sulfonamides is 1. The molecule has 1 heterocycles. The van der Waals surface area contributed by atoms with Crippen molar-refractivity contribution in [2.24, 2.45) is 5.92 Å². The van der Waals surface area contributed by atoms with Gasteiger partial charge in [0.2, 0.25) is 15.9 Å². The third-order valence-corrected chi connectivity index (χ3v) is 3.87. The second kappa shape index (κ2) is 7.20. The number of rotatable bonds is 7. The topological polar surface area (TPSA) is 114 Å². The molecule has 0 atom stereocenters. The number of nitrogens with one attached hydrogen (secondary N) is 2. The van der Waals surface area contributed by atoms with E-state index in [1.54, 1.807) is 0 Å². The molecular formula is C12H20N4O3S. The van der Waals surface area contributed by atoms with Crippen LogP contribution in [0.25, 0.3) is 0 Å². The highest BCUT2D eigenvalue weighted by Gasteiger charge is 2.14. The Kier molecular flexibility index (Phi) is 5.90. The zero-order chi connectivity index (χ0) is 15.2. The highest BCUT2D eigenvalue weighted by atomic mass is 32.2. The van der Waals surface area contributed by atoms with Gasteiger partial charge in [0, 0.05) is 25.7 Å². The van der Waals surface area contributed by atoms with E-state index in [1.165, 1.54) is 18.3 Å². The molecule has 1 aromatic heterocycles. The van der Waals surface area contributed by atoms with Crippen LogP contribution in [0.4, 0.5) is 5.82 Å². The molecule has 7 nitrogen and oxygen atoms in total. The van der Waals surface area contributed by atoms with E-state index in [-0.39, 0.29) is 29.6 Å². The lowest BCUT2D eigenvalue weighted by atomic mass is 10.2. The summed E-state index contributed by atoms with van der Waals surface area (Å²) in [6.45, 7) is 4.58. The second-order valence-electron chi connectivity index (χ2n) is 4.76. The first-order chi connectivity index (χ1) is 9.31. The molecule has 0 radical (unpaired) electrons. The molecule has 4 N–H and O–H groups in total. The summed E-state index contributed by atoms with van der Waals surface area (Å²) in [7, 11) is -3.65. The molecular weight excluding hydrogens is 280 g/mol. The maximum Gasteiger partial charge on any atom is 0.242 e. The van der Waals surface area contributed by atoms with Crippen molar-refractivity contribution in [3.8, 4) is 0 Å². The first-order valence-corrected chi connectivity index (χ1v) is 7.77. The largest absolute Gasteiger partial charge is 0.384 e. The summed E-state index contributed by atoms with van der Waals surface area (Å²) in [6, 6.07) is 2.77. The van der Waals surface area contributed by atoms with E-state index in [4.69, 9.17) is 5.73 Å². The first kappa shape index (κ1) is 16.4. The summed E-state index contributed by atoms with van der Waals surface area (Å²) < 4.78 is 26.1. The van der Waals surface area contributed by atoms with Gasteiger partial charge in [0.05, 0.1) is 0 Å². The maximum atomic E-state index is 11.9. The fraction of sp³-hybridized carbons (Fsp3) is 0.500. The summed E-state index contributed by atoms with van der Waals surface area (Å²) in [4.78, 5) is 15.2. The van der Waals surface area contributed by atoms with Gasteiger partial charge in [-0.25, -0.2) is 18.1 Å². The quantitative estimate of drug-likeness (QED) is 0.661. The number of anilines is 1. The molecule has 1 amide bonds. The average molecular weight is 300 g/mol. The minimum absolute atomic E-state index is 0.0225. The van der Waals surface area contributed by atoms with E-state index in [0.29, 0.717) is 12.5 Å². The zero-order valence-electron chi connectivity index (χ0n) is 11.6. The van der Waals surface area contributed by atoms with E-state index in [9.17, 15) is 13.2 Å². The van der Waals surface area contributed by atoms with Gasteiger partial charge in [-0.1, -0.05) is 13.8 Å². The van der Waals surface area contributed by atoms with Gasteiger partial charge in [-0.2, -0.15) is 0 Å². The number of nitrogens with two attached hydrogens (primary N) is 1. The molecule has 0 saturated heterocycles. The number of hydrogen-bond acceptors (Lipinski definition) is 5. The van der Waals surface area contributed by atoms with Crippen molar-refractivity contribution in [1.82, 2.24) is 15.0 Å². The number of hydrogen-bond donors (Lipinski definition) is 3. The first-order valence-electron chi connectivity index (χ1n) is 6.29. The Balaban J connectivity index is 2.44. The van der Waals surface area contributed by atoms with E-state index < -0.39 is 10.0 Å². The second-order valence-corrected chi connectivity index (χ2v) is 6.53. The Morgan fingerprint density at radius 3 is 2.65 bits per heavy atom. The van der Waals surface area contributed by atoms with Crippen LogP contribution in [0.3, 0.4) is 0 Å². The number of amides is 1. The van der Waals surface area contributed by atoms with Crippen molar-refractivity contribution in [2.75, 3.05) is 18.8 Å². The molecule has 1 aromatic rings. The minimum atomic E-state index is -3.65. The maximum absolute atomic E-state index is 11.9. The summed E-state index contributed by atoms with van der Waals surface area (Å²) in [5.74, 6) is 0.422. The van der Waals surface area contributed by atoms with Crippen LogP contribution in [0, 0.1) is 5.92 Å². The number of carbonyl (C=O) groups excluding carboxylic acids is 1. The normalized spacial score (nSPS) is 11.6. The Labute approximate surface area is 119 Å². The van der Waals surface area contributed by atoms with Crippen LogP contribution in [0.1, 0.15) is 20.3 Å². The SMILES string of the molecule is CC(C)CNC(=O)CCNS(=O)(=O)c1ccc(N)nc1. The van der Waals surface area contributed by atoms with Gasteiger partial charge >= 0.3 is 0 Å². The lowest BCUT2D eigenvalue weighted by Gasteiger charge is -2.09. The summed E-state index contributed by atoms with van der Waals surface area (Å²) in [6.07, 6.45) is 1.27. The van der Waals surface area contributed by atoms with Crippen LogP contribution in [0.5, 0.6) is 0 Å². The van der Waals surface area contributed by atoms with Crippen LogP contribution in [-0.4, -0.2) is 32.4 Å². The highest BCUT2D eigenvalue weighted by Crippen LogP contribution is 2.08. The van der Waals surface area contributed by atoms with Gasteiger partial charge in [-0.3, -0.25) is 4.79 Å². The van der Waals surface area contributed by atoms with Gasteiger partial charge in [-0.15, -0.1) is 0 Å². The molecule has 0 aliphatic carbocycles. The standard InChI is InChI=1S/C12H20N4O3S/c1-9(2)7-15-12(17)5-6-16-20(18,19)10-3-4-11(13)14-8-10/h3-4,8-9,16H,5-7H2,1-2H3,(H2,13,14)(H,15,17). The molecule has 1 rings (SSSR count). The summed E-state index contributed by atoms with van der Waals surface area (Å²) in [5, 5.41) is 2.71. The molecule has 0 fully saturated rings. The van der Waals surface area contributed by atoms with Gasteiger partial charge < -0.3 is 11.1 Å². The van der Waals surface area contributed by atoms with Crippen molar-refractivity contribution >= 4 is 21.7 Å². The zero-order valence-corrected chi connectivity index (χ0v) is 12.4. The molecule has 0 aliphatic heterocycles. The van der Waals surface area contributed by atoms with Gasteiger partial charge in [0.25, 0.3) is 0 Å². The van der Waals surface area contributed by atoms with Crippen molar-refractivity contribution < 1.29 is 13.2 Å².